The number of nitrogens with zero attached hydrogens (tertiary/aromatic N) is 1. The number of rotatable bonds is 5. The highest BCUT2D eigenvalue weighted by Gasteiger charge is 2.31. The van der Waals surface area contributed by atoms with Crippen molar-refractivity contribution in [2.45, 2.75) is 65.5 Å². The molecule has 1 rings (SSSR count). The van der Waals surface area contributed by atoms with Gasteiger partial charge in [-0.2, -0.15) is 0 Å². The van der Waals surface area contributed by atoms with Crippen LogP contribution in [0.15, 0.2) is 0 Å². The predicted molar refractivity (Wildman–Crippen MR) is 71.8 cm³/mol. The SMILES string of the molecule is CCCC1CNC(C)(C)CN1CCC(C)C. The van der Waals surface area contributed by atoms with Crippen molar-refractivity contribution in [3.05, 3.63) is 0 Å². The summed E-state index contributed by atoms with van der Waals surface area (Å²) in [5.74, 6) is 0.820. The van der Waals surface area contributed by atoms with Crippen LogP contribution in [-0.2, 0) is 0 Å². The first-order chi connectivity index (χ1) is 7.44. The second-order valence-corrected chi connectivity index (χ2v) is 6.36. The molecule has 1 saturated heterocycles. The van der Waals surface area contributed by atoms with E-state index in [9.17, 15) is 0 Å². The zero-order valence-electron chi connectivity index (χ0n) is 11.8. The second kappa shape index (κ2) is 6.02. The third-order valence-corrected chi connectivity index (χ3v) is 3.55. The quantitative estimate of drug-likeness (QED) is 0.775. The topological polar surface area (TPSA) is 15.3 Å². The smallest absolute Gasteiger partial charge is 0.0252 e. The van der Waals surface area contributed by atoms with Gasteiger partial charge in [0.25, 0.3) is 0 Å². The molecule has 0 saturated carbocycles. The van der Waals surface area contributed by atoms with E-state index in [1.165, 1.54) is 38.9 Å². The molecule has 0 spiro atoms. The van der Waals surface area contributed by atoms with Crippen molar-refractivity contribution < 1.29 is 0 Å². The Labute approximate surface area is 102 Å². The highest BCUT2D eigenvalue weighted by molar-refractivity contribution is 4.91. The zero-order chi connectivity index (χ0) is 12.2. The van der Waals surface area contributed by atoms with Crippen LogP contribution in [0.3, 0.4) is 0 Å². The third-order valence-electron chi connectivity index (χ3n) is 3.55. The van der Waals surface area contributed by atoms with Gasteiger partial charge in [0, 0.05) is 24.7 Å². The van der Waals surface area contributed by atoms with Crippen molar-refractivity contribution in [3.8, 4) is 0 Å². The number of nitrogens with one attached hydrogen (secondary N) is 1. The van der Waals surface area contributed by atoms with E-state index in [4.69, 9.17) is 0 Å². The highest BCUT2D eigenvalue weighted by Crippen LogP contribution is 2.19. The Morgan fingerprint density at radius 2 is 2.06 bits per heavy atom. The van der Waals surface area contributed by atoms with Crippen molar-refractivity contribution in [1.29, 1.82) is 0 Å². The summed E-state index contributed by atoms with van der Waals surface area (Å²) >= 11 is 0. The Hall–Kier alpha value is -0.0800. The van der Waals surface area contributed by atoms with Crippen molar-refractivity contribution in [2.24, 2.45) is 5.92 Å². The fraction of sp³-hybridized carbons (Fsp3) is 1.00. The van der Waals surface area contributed by atoms with Crippen LogP contribution >= 0.6 is 0 Å². The molecule has 1 aliphatic heterocycles. The van der Waals surface area contributed by atoms with E-state index in [1.807, 2.05) is 0 Å². The molecule has 0 aromatic heterocycles. The van der Waals surface area contributed by atoms with E-state index in [0.717, 1.165) is 12.0 Å². The van der Waals surface area contributed by atoms with Gasteiger partial charge in [0.15, 0.2) is 0 Å². The summed E-state index contributed by atoms with van der Waals surface area (Å²) < 4.78 is 0. The predicted octanol–water partition coefficient (Wildman–Crippen LogP) is 2.89. The van der Waals surface area contributed by atoms with Gasteiger partial charge in [0.2, 0.25) is 0 Å². The van der Waals surface area contributed by atoms with Crippen LogP contribution in [0.1, 0.15) is 53.9 Å². The fourth-order valence-electron chi connectivity index (χ4n) is 2.52. The number of piperazine rings is 1. The molecule has 0 radical (unpaired) electrons. The lowest BCUT2D eigenvalue weighted by atomic mass is 9.96. The third kappa shape index (κ3) is 4.42. The first-order valence-corrected chi connectivity index (χ1v) is 6.93. The maximum absolute atomic E-state index is 3.67. The zero-order valence-corrected chi connectivity index (χ0v) is 11.8. The van der Waals surface area contributed by atoms with Crippen LogP contribution in [0.5, 0.6) is 0 Å². The van der Waals surface area contributed by atoms with Gasteiger partial charge < -0.3 is 5.32 Å². The summed E-state index contributed by atoms with van der Waals surface area (Å²) in [5.41, 5.74) is 0.293. The van der Waals surface area contributed by atoms with E-state index in [0.29, 0.717) is 5.54 Å². The summed E-state index contributed by atoms with van der Waals surface area (Å²) in [5, 5.41) is 3.67. The largest absolute Gasteiger partial charge is 0.309 e. The summed E-state index contributed by atoms with van der Waals surface area (Å²) in [6.45, 7) is 15.2. The van der Waals surface area contributed by atoms with E-state index in [-0.39, 0.29) is 0 Å². The molecule has 0 amide bonds. The molecule has 2 heteroatoms. The van der Waals surface area contributed by atoms with Crippen molar-refractivity contribution in [1.82, 2.24) is 10.2 Å². The van der Waals surface area contributed by atoms with Gasteiger partial charge in [-0.15, -0.1) is 0 Å². The van der Waals surface area contributed by atoms with Crippen LogP contribution in [0.25, 0.3) is 0 Å². The van der Waals surface area contributed by atoms with Gasteiger partial charge >= 0.3 is 0 Å². The summed E-state index contributed by atoms with van der Waals surface area (Å²) in [4.78, 5) is 2.71. The van der Waals surface area contributed by atoms with Gasteiger partial charge in [-0.3, -0.25) is 4.90 Å². The Morgan fingerprint density at radius 3 is 2.62 bits per heavy atom. The molecule has 96 valence electrons. The van der Waals surface area contributed by atoms with Gasteiger partial charge in [-0.1, -0.05) is 27.2 Å². The molecule has 2 nitrogen and oxygen atoms in total. The second-order valence-electron chi connectivity index (χ2n) is 6.36. The maximum atomic E-state index is 3.67. The highest BCUT2D eigenvalue weighted by atomic mass is 15.2. The molecular weight excluding hydrogens is 196 g/mol. The normalized spacial score (nSPS) is 26.2. The van der Waals surface area contributed by atoms with E-state index < -0.39 is 0 Å². The summed E-state index contributed by atoms with van der Waals surface area (Å²) in [6, 6.07) is 0.761. The van der Waals surface area contributed by atoms with Gasteiger partial charge in [-0.25, -0.2) is 0 Å². The van der Waals surface area contributed by atoms with Crippen LogP contribution in [-0.4, -0.2) is 36.1 Å². The molecule has 0 aromatic carbocycles. The van der Waals surface area contributed by atoms with Crippen LogP contribution in [0.2, 0.25) is 0 Å². The summed E-state index contributed by atoms with van der Waals surface area (Å²) in [6.07, 6.45) is 3.96. The number of hydrogen-bond donors (Lipinski definition) is 1. The van der Waals surface area contributed by atoms with Crippen molar-refractivity contribution >= 4 is 0 Å². The molecule has 1 fully saturated rings. The Balaban J connectivity index is 2.50. The lowest BCUT2D eigenvalue weighted by Crippen LogP contribution is -2.61. The number of hydrogen-bond acceptors (Lipinski definition) is 2. The van der Waals surface area contributed by atoms with Crippen LogP contribution in [0.4, 0.5) is 0 Å². The van der Waals surface area contributed by atoms with Gasteiger partial charge in [0.05, 0.1) is 0 Å². The van der Waals surface area contributed by atoms with E-state index in [1.54, 1.807) is 0 Å². The molecule has 0 aromatic rings. The first-order valence-electron chi connectivity index (χ1n) is 6.93. The minimum Gasteiger partial charge on any atom is -0.309 e. The van der Waals surface area contributed by atoms with E-state index in [2.05, 4.69) is 44.8 Å². The Bertz CT molecular complexity index is 199. The standard InChI is InChI=1S/C14H30N2/c1-6-7-13-10-15-14(4,5)11-16(13)9-8-12(2)3/h12-13,15H,6-11H2,1-5H3. The fourth-order valence-corrected chi connectivity index (χ4v) is 2.52. The maximum Gasteiger partial charge on any atom is 0.0252 e. The molecule has 1 aliphatic rings. The van der Waals surface area contributed by atoms with Gasteiger partial charge in [-0.05, 0) is 39.2 Å². The molecule has 1 N–H and O–H groups in total. The summed E-state index contributed by atoms with van der Waals surface area (Å²) in [7, 11) is 0. The first kappa shape index (κ1) is 14.0. The van der Waals surface area contributed by atoms with Gasteiger partial charge in [0.1, 0.15) is 0 Å². The Morgan fingerprint density at radius 1 is 1.38 bits per heavy atom. The lowest BCUT2D eigenvalue weighted by Gasteiger charge is -2.45. The van der Waals surface area contributed by atoms with Crippen molar-refractivity contribution in [3.63, 3.8) is 0 Å². The minimum atomic E-state index is 0.293. The molecular formula is C14H30N2. The molecule has 0 aliphatic carbocycles. The van der Waals surface area contributed by atoms with E-state index >= 15 is 0 Å². The molecule has 1 heterocycles. The van der Waals surface area contributed by atoms with Crippen LogP contribution in [0, 0.1) is 5.92 Å². The molecule has 0 bridgehead atoms. The Kier molecular flexibility index (Phi) is 5.26. The minimum absolute atomic E-state index is 0.293. The molecule has 16 heavy (non-hydrogen) atoms. The average Bonchev–Trinajstić information content (AvgIpc) is 2.18. The monoisotopic (exact) mass is 226 g/mol. The molecule has 1 unspecified atom stereocenters. The van der Waals surface area contributed by atoms with Crippen LogP contribution < -0.4 is 5.32 Å². The molecule has 1 atom stereocenters. The van der Waals surface area contributed by atoms with Crippen molar-refractivity contribution in [2.75, 3.05) is 19.6 Å². The lowest BCUT2D eigenvalue weighted by molar-refractivity contribution is 0.0850. The average molecular weight is 226 g/mol.